The molecule has 2 heterocycles. The summed E-state index contributed by atoms with van der Waals surface area (Å²) in [6, 6.07) is 10.3. The summed E-state index contributed by atoms with van der Waals surface area (Å²) in [5.74, 6) is 0.370. The van der Waals surface area contributed by atoms with Crippen molar-refractivity contribution in [2.75, 3.05) is 6.61 Å². The number of benzene rings is 2. The van der Waals surface area contributed by atoms with Gasteiger partial charge < -0.3 is 14.4 Å². The molecule has 4 aromatic rings. The lowest BCUT2D eigenvalue weighted by molar-refractivity contribution is -0.247. The number of nitrogens with zero attached hydrogens (tertiary/aromatic N) is 3. The summed E-state index contributed by atoms with van der Waals surface area (Å²) >= 11 is 0. The largest absolute Gasteiger partial charge is 0.448 e. The first-order valence-electron chi connectivity index (χ1n) is 10.2. The Morgan fingerprint density at radius 2 is 1.94 bits per heavy atom. The highest BCUT2D eigenvalue weighted by Gasteiger charge is 2.57. The van der Waals surface area contributed by atoms with Crippen molar-refractivity contribution in [2.24, 2.45) is 13.0 Å². The smallest absolute Gasteiger partial charge is 0.435 e. The van der Waals surface area contributed by atoms with E-state index in [2.05, 4.69) is 5.10 Å². The first-order valence-corrected chi connectivity index (χ1v) is 10.2. The number of carbonyl (C=O) groups excluding carboxylic acids is 1. The van der Waals surface area contributed by atoms with Crippen LogP contribution in [0.25, 0.3) is 21.8 Å². The molecule has 1 atom stereocenters. The number of ether oxygens (including phenoxy) is 1. The number of aromatic nitrogens is 3. The van der Waals surface area contributed by atoms with Crippen LogP contribution in [0.4, 0.5) is 18.0 Å². The average Bonchev–Trinajstić information content (AvgIpc) is 3.41. The van der Waals surface area contributed by atoms with Crippen molar-refractivity contribution in [1.29, 1.82) is 0 Å². The quantitative estimate of drug-likeness (QED) is 0.496. The molecule has 1 saturated carbocycles. The lowest BCUT2D eigenvalue weighted by Gasteiger charge is -2.31. The van der Waals surface area contributed by atoms with Crippen molar-refractivity contribution in [3.8, 4) is 0 Å². The summed E-state index contributed by atoms with van der Waals surface area (Å²) in [5, 5.41) is 15.7. The molecule has 1 aliphatic carbocycles. The molecule has 0 spiro atoms. The molecule has 1 unspecified atom stereocenters. The molecule has 0 radical (unpaired) electrons. The molecule has 6 nitrogen and oxygen atoms in total. The van der Waals surface area contributed by atoms with Gasteiger partial charge in [0.15, 0.2) is 0 Å². The third-order valence-corrected chi connectivity index (χ3v) is 6.00. The number of hydrogen-bond acceptors (Lipinski definition) is 4. The van der Waals surface area contributed by atoms with E-state index in [1.807, 2.05) is 0 Å². The van der Waals surface area contributed by atoms with Crippen LogP contribution in [0.1, 0.15) is 24.0 Å². The van der Waals surface area contributed by atoms with E-state index in [1.165, 1.54) is 30.6 Å². The van der Waals surface area contributed by atoms with Gasteiger partial charge in [-0.1, -0.05) is 24.3 Å². The summed E-state index contributed by atoms with van der Waals surface area (Å²) in [6.45, 7) is 0.299. The van der Waals surface area contributed by atoms with Crippen LogP contribution in [0.15, 0.2) is 54.9 Å². The van der Waals surface area contributed by atoms with E-state index in [4.69, 9.17) is 4.74 Å². The molecule has 0 saturated heterocycles. The second-order valence-corrected chi connectivity index (χ2v) is 8.23. The summed E-state index contributed by atoms with van der Waals surface area (Å²) in [5.41, 5.74) is -3.01. The molecule has 166 valence electrons. The highest BCUT2D eigenvalue weighted by atomic mass is 19.4. The Bertz CT molecular complexity index is 1340. The monoisotopic (exact) mass is 443 g/mol. The minimum absolute atomic E-state index is 0.265. The Morgan fingerprint density at radius 1 is 1.19 bits per heavy atom. The fourth-order valence-corrected chi connectivity index (χ4v) is 4.04. The summed E-state index contributed by atoms with van der Waals surface area (Å²) in [4.78, 5) is 12.3. The van der Waals surface area contributed by atoms with Crippen LogP contribution < -0.4 is 0 Å². The van der Waals surface area contributed by atoms with E-state index in [9.17, 15) is 23.1 Å². The van der Waals surface area contributed by atoms with E-state index < -0.39 is 17.9 Å². The predicted molar refractivity (Wildman–Crippen MR) is 111 cm³/mol. The van der Waals surface area contributed by atoms with Crippen molar-refractivity contribution in [1.82, 2.24) is 14.3 Å². The van der Waals surface area contributed by atoms with Gasteiger partial charge in [0.05, 0.1) is 18.3 Å². The zero-order valence-electron chi connectivity index (χ0n) is 17.1. The highest BCUT2D eigenvalue weighted by Crippen LogP contribution is 2.47. The molecule has 0 aliphatic heterocycles. The summed E-state index contributed by atoms with van der Waals surface area (Å²) in [7, 11) is 1.63. The number of fused-ring (bicyclic) bond motifs is 2. The summed E-state index contributed by atoms with van der Waals surface area (Å²) < 4.78 is 50.9. The molecule has 9 heteroatoms. The zero-order chi connectivity index (χ0) is 22.7. The first-order chi connectivity index (χ1) is 15.2. The Morgan fingerprint density at radius 3 is 2.66 bits per heavy atom. The van der Waals surface area contributed by atoms with Crippen LogP contribution in [0.5, 0.6) is 0 Å². The molecule has 2 aromatic heterocycles. The van der Waals surface area contributed by atoms with Gasteiger partial charge in [0, 0.05) is 35.1 Å². The molecular weight excluding hydrogens is 423 g/mol. The molecule has 0 bridgehead atoms. The standard InChI is InChI=1S/C23H20F3N3O3/c1-28-12-18(17-4-2-3-5-20(17)28)22(31,23(24,25)26)16-8-9-19-15(10-16)11-27-29(19)21(30)32-13-14-6-7-14/h2-5,8-12,14,31H,6-7,13H2,1H3. The Balaban J connectivity index is 1.61. The fraction of sp³-hybridized carbons (Fsp3) is 0.304. The lowest BCUT2D eigenvalue weighted by Crippen LogP contribution is -2.43. The number of alkyl halides is 3. The van der Waals surface area contributed by atoms with Crippen LogP contribution >= 0.6 is 0 Å². The van der Waals surface area contributed by atoms with Gasteiger partial charge in [0.25, 0.3) is 0 Å². The third-order valence-electron chi connectivity index (χ3n) is 6.00. The van der Waals surface area contributed by atoms with Gasteiger partial charge in [-0.2, -0.15) is 23.0 Å². The van der Waals surface area contributed by atoms with Gasteiger partial charge in [0.1, 0.15) is 0 Å². The van der Waals surface area contributed by atoms with Gasteiger partial charge in [-0.25, -0.2) is 4.79 Å². The number of para-hydroxylation sites is 1. The maximum absolute atomic E-state index is 14.4. The molecular formula is C23H20F3N3O3. The Labute approximate surface area is 180 Å². The highest BCUT2D eigenvalue weighted by molar-refractivity contribution is 5.89. The molecule has 1 fully saturated rings. The van der Waals surface area contributed by atoms with Crippen LogP contribution in [-0.4, -0.2) is 38.3 Å². The minimum atomic E-state index is -5.00. The second kappa shape index (κ2) is 7.09. The van der Waals surface area contributed by atoms with E-state index >= 15 is 0 Å². The lowest BCUT2D eigenvalue weighted by atomic mass is 9.85. The van der Waals surface area contributed by atoms with Crippen molar-refractivity contribution < 1.29 is 27.8 Å². The van der Waals surface area contributed by atoms with Crippen LogP contribution in [0, 0.1) is 5.92 Å². The van der Waals surface area contributed by atoms with Crippen LogP contribution in [0.3, 0.4) is 0 Å². The molecule has 5 rings (SSSR count). The molecule has 0 amide bonds. The second-order valence-electron chi connectivity index (χ2n) is 8.23. The summed E-state index contributed by atoms with van der Waals surface area (Å²) in [6.07, 6.45) is -1.07. The van der Waals surface area contributed by atoms with Crippen molar-refractivity contribution in [3.63, 3.8) is 0 Å². The Kier molecular flexibility index (Phi) is 4.56. The molecule has 1 N–H and O–H groups in total. The van der Waals surface area contributed by atoms with Crippen molar-refractivity contribution >= 4 is 27.9 Å². The zero-order valence-corrected chi connectivity index (χ0v) is 17.1. The predicted octanol–water partition coefficient (Wildman–Crippen LogP) is 4.72. The topological polar surface area (TPSA) is 69.3 Å². The molecule has 1 aliphatic rings. The number of hydrogen-bond donors (Lipinski definition) is 1. The number of carbonyl (C=O) groups is 1. The number of halogens is 3. The number of aryl methyl sites for hydroxylation is 1. The van der Waals surface area contributed by atoms with E-state index in [1.54, 1.807) is 35.9 Å². The number of aliphatic hydroxyl groups is 1. The first kappa shape index (κ1) is 20.6. The van der Waals surface area contributed by atoms with Gasteiger partial charge in [0.2, 0.25) is 5.60 Å². The maximum atomic E-state index is 14.4. The van der Waals surface area contributed by atoms with Gasteiger partial charge in [-0.15, -0.1) is 0 Å². The van der Waals surface area contributed by atoms with Gasteiger partial charge in [-0.3, -0.25) is 0 Å². The fourth-order valence-electron chi connectivity index (χ4n) is 4.04. The SMILES string of the molecule is Cn1cc(C(O)(c2ccc3c(cnn3C(=O)OCC3CC3)c2)C(F)(F)F)c2ccccc21. The average molecular weight is 443 g/mol. The van der Waals surface area contributed by atoms with Gasteiger partial charge in [-0.05, 0) is 42.5 Å². The van der Waals surface area contributed by atoms with E-state index in [-0.39, 0.29) is 16.5 Å². The van der Waals surface area contributed by atoms with Crippen LogP contribution in [-0.2, 0) is 17.4 Å². The molecule has 32 heavy (non-hydrogen) atoms. The van der Waals surface area contributed by atoms with Crippen LogP contribution in [0.2, 0.25) is 0 Å². The van der Waals surface area contributed by atoms with E-state index in [0.29, 0.717) is 28.9 Å². The molecule has 2 aromatic carbocycles. The number of rotatable bonds is 4. The third kappa shape index (κ3) is 3.15. The maximum Gasteiger partial charge on any atom is 0.435 e. The normalized spacial score (nSPS) is 16.4. The van der Waals surface area contributed by atoms with Crippen molar-refractivity contribution in [2.45, 2.75) is 24.6 Å². The van der Waals surface area contributed by atoms with Crippen molar-refractivity contribution in [3.05, 3.63) is 66.0 Å². The Hall–Kier alpha value is -3.33. The minimum Gasteiger partial charge on any atom is -0.448 e. The van der Waals surface area contributed by atoms with E-state index in [0.717, 1.165) is 17.5 Å². The van der Waals surface area contributed by atoms with Gasteiger partial charge >= 0.3 is 12.3 Å².